The molecule has 0 atom stereocenters. The summed E-state index contributed by atoms with van der Waals surface area (Å²) in [4.78, 5) is 4.29. The van der Waals surface area contributed by atoms with Gasteiger partial charge in [0.2, 0.25) is 0 Å². The first-order valence-corrected chi connectivity index (χ1v) is 5.07. The highest BCUT2D eigenvalue weighted by Crippen LogP contribution is 2.37. The summed E-state index contributed by atoms with van der Waals surface area (Å²) in [5.74, 6) is 0. The van der Waals surface area contributed by atoms with Crippen LogP contribution in [0, 0.1) is 0 Å². The van der Waals surface area contributed by atoms with Gasteiger partial charge in [0.15, 0.2) is 0 Å². The van der Waals surface area contributed by atoms with Gasteiger partial charge in [0.1, 0.15) is 0 Å². The highest BCUT2D eigenvalue weighted by atomic mass is 14.7. The molecule has 0 N–H and O–H groups in total. The average molecular weight is 193 g/mol. The van der Waals surface area contributed by atoms with E-state index in [-0.39, 0.29) is 0 Å². The number of fused-ring (bicyclic) bond motifs is 3. The first-order chi connectivity index (χ1) is 7.40. The largest absolute Gasteiger partial charge is 0.288 e. The lowest BCUT2D eigenvalue weighted by atomic mass is 9.96. The smallest absolute Gasteiger partial charge is 0.0649 e. The molecule has 0 fully saturated rings. The van der Waals surface area contributed by atoms with E-state index < -0.39 is 0 Å². The first-order valence-electron chi connectivity index (χ1n) is 5.07. The minimum atomic E-state index is 1.07. The topological polar surface area (TPSA) is 12.4 Å². The second kappa shape index (κ2) is 3.06. The summed E-state index contributed by atoms with van der Waals surface area (Å²) < 4.78 is 0. The SMILES string of the molecule is CN=C1C=CC=C2C1=Cc1ccccc12. The summed E-state index contributed by atoms with van der Waals surface area (Å²) in [5.41, 5.74) is 6.24. The van der Waals surface area contributed by atoms with Gasteiger partial charge in [-0.3, -0.25) is 4.99 Å². The highest BCUT2D eigenvalue weighted by molar-refractivity contribution is 6.25. The molecule has 1 heteroatoms. The Kier molecular flexibility index (Phi) is 1.72. The third-order valence-electron chi connectivity index (χ3n) is 2.87. The van der Waals surface area contributed by atoms with E-state index in [0.717, 1.165) is 5.71 Å². The van der Waals surface area contributed by atoms with Gasteiger partial charge in [-0.25, -0.2) is 0 Å². The molecule has 2 aliphatic carbocycles. The molecule has 0 unspecified atom stereocenters. The number of nitrogens with zero attached hydrogens (tertiary/aromatic N) is 1. The van der Waals surface area contributed by atoms with Crippen LogP contribution in [-0.4, -0.2) is 12.8 Å². The highest BCUT2D eigenvalue weighted by Gasteiger charge is 2.21. The second-order valence-corrected chi connectivity index (χ2v) is 3.69. The van der Waals surface area contributed by atoms with Gasteiger partial charge >= 0.3 is 0 Å². The fraction of sp³-hybridized carbons (Fsp3) is 0.0714. The molecule has 3 rings (SSSR count). The van der Waals surface area contributed by atoms with Crippen LogP contribution >= 0.6 is 0 Å². The van der Waals surface area contributed by atoms with Crippen LogP contribution in [0.2, 0.25) is 0 Å². The van der Waals surface area contributed by atoms with Crippen molar-refractivity contribution in [3.63, 3.8) is 0 Å². The molecule has 0 spiro atoms. The van der Waals surface area contributed by atoms with Crippen molar-refractivity contribution in [1.82, 2.24) is 0 Å². The van der Waals surface area contributed by atoms with Crippen LogP contribution in [0.25, 0.3) is 11.6 Å². The van der Waals surface area contributed by atoms with Crippen LogP contribution in [0.1, 0.15) is 11.1 Å². The van der Waals surface area contributed by atoms with Crippen LogP contribution in [0.15, 0.2) is 53.1 Å². The number of allylic oxidation sites excluding steroid dienone is 5. The fourth-order valence-electron chi connectivity index (χ4n) is 2.16. The van der Waals surface area contributed by atoms with Gasteiger partial charge in [0.05, 0.1) is 5.71 Å². The van der Waals surface area contributed by atoms with Crippen LogP contribution in [0.3, 0.4) is 0 Å². The Morgan fingerprint density at radius 2 is 1.93 bits per heavy atom. The molecule has 0 saturated carbocycles. The molecule has 1 nitrogen and oxygen atoms in total. The zero-order chi connectivity index (χ0) is 10.3. The zero-order valence-electron chi connectivity index (χ0n) is 8.57. The maximum atomic E-state index is 4.29. The van der Waals surface area contributed by atoms with Gasteiger partial charge < -0.3 is 0 Å². The average Bonchev–Trinajstić information content (AvgIpc) is 2.67. The molecular weight excluding hydrogens is 182 g/mol. The number of aliphatic imine (C=N–C) groups is 1. The lowest BCUT2D eigenvalue weighted by molar-refractivity contribution is 1.44. The van der Waals surface area contributed by atoms with Crippen LogP contribution in [0.4, 0.5) is 0 Å². The van der Waals surface area contributed by atoms with Gasteiger partial charge in [0.25, 0.3) is 0 Å². The van der Waals surface area contributed by atoms with Crippen molar-refractivity contribution in [3.8, 4) is 0 Å². The molecule has 0 saturated heterocycles. The van der Waals surface area contributed by atoms with Crippen molar-refractivity contribution < 1.29 is 0 Å². The van der Waals surface area contributed by atoms with Gasteiger partial charge in [-0.15, -0.1) is 0 Å². The predicted octanol–water partition coefficient (Wildman–Crippen LogP) is 3.11. The van der Waals surface area contributed by atoms with E-state index in [2.05, 4.69) is 53.6 Å². The van der Waals surface area contributed by atoms with E-state index in [4.69, 9.17) is 0 Å². The third kappa shape index (κ3) is 1.13. The van der Waals surface area contributed by atoms with Gasteiger partial charge in [-0.1, -0.05) is 36.4 Å². The van der Waals surface area contributed by atoms with E-state index in [1.165, 1.54) is 22.3 Å². The summed E-state index contributed by atoms with van der Waals surface area (Å²) in [6.45, 7) is 0. The standard InChI is InChI=1S/C14H11N/c1-15-14-8-4-7-12-11-6-3-2-5-10(11)9-13(12)14/h2-9H,1H3. The summed E-state index contributed by atoms with van der Waals surface area (Å²) in [7, 11) is 1.84. The quantitative estimate of drug-likeness (QED) is 0.600. The lowest BCUT2D eigenvalue weighted by Gasteiger charge is -2.10. The van der Waals surface area contributed by atoms with Gasteiger partial charge in [-0.2, -0.15) is 0 Å². The summed E-state index contributed by atoms with van der Waals surface area (Å²) >= 11 is 0. The number of hydrogen-bond donors (Lipinski definition) is 0. The molecule has 0 aliphatic heterocycles. The molecule has 0 aromatic heterocycles. The third-order valence-corrected chi connectivity index (χ3v) is 2.87. The summed E-state index contributed by atoms with van der Waals surface area (Å²) in [6.07, 6.45) is 8.50. The van der Waals surface area contributed by atoms with Crippen molar-refractivity contribution >= 4 is 17.4 Å². The number of rotatable bonds is 0. The molecule has 0 heterocycles. The number of hydrogen-bond acceptors (Lipinski definition) is 1. The van der Waals surface area contributed by atoms with E-state index in [1.54, 1.807) is 0 Å². The van der Waals surface area contributed by atoms with E-state index in [9.17, 15) is 0 Å². The van der Waals surface area contributed by atoms with Crippen molar-refractivity contribution in [2.24, 2.45) is 4.99 Å². The minimum Gasteiger partial charge on any atom is -0.288 e. The van der Waals surface area contributed by atoms with Crippen molar-refractivity contribution in [3.05, 3.63) is 59.2 Å². The minimum absolute atomic E-state index is 1.07. The van der Waals surface area contributed by atoms with E-state index >= 15 is 0 Å². The monoisotopic (exact) mass is 193 g/mol. The van der Waals surface area contributed by atoms with E-state index in [0.29, 0.717) is 0 Å². The van der Waals surface area contributed by atoms with Crippen LogP contribution < -0.4 is 0 Å². The molecule has 0 bridgehead atoms. The molecule has 15 heavy (non-hydrogen) atoms. The Hall–Kier alpha value is -1.89. The molecule has 2 aliphatic rings. The second-order valence-electron chi connectivity index (χ2n) is 3.69. The van der Waals surface area contributed by atoms with Crippen molar-refractivity contribution in [2.75, 3.05) is 7.05 Å². The molecule has 0 radical (unpaired) electrons. The Morgan fingerprint density at radius 3 is 2.80 bits per heavy atom. The maximum Gasteiger partial charge on any atom is 0.0649 e. The molecule has 1 aromatic carbocycles. The summed E-state index contributed by atoms with van der Waals surface area (Å²) in [5, 5.41) is 0. The van der Waals surface area contributed by atoms with Crippen molar-refractivity contribution in [2.45, 2.75) is 0 Å². The molecule has 72 valence electrons. The van der Waals surface area contributed by atoms with Gasteiger partial charge in [0, 0.05) is 12.6 Å². The van der Waals surface area contributed by atoms with Crippen molar-refractivity contribution in [1.29, 1.82) is 0 Å². The van der Waals surface area contributed by atoms with Gasteiger partial charge in [-0.05, 0) is 28.9 Å². The molecule has 0 amide bonds. The predicted molar refractivity (Wildman–Crippen MR) is 64.9 cm³/mol. The fourth-order valence-corrected chi connectivity index (χ4v) is 2.16. The Bertz CT molecular complexity index is 542. The lowest BCUT2D eigenvalue weighted by Crippen LogP contribution is -2.01. The normalized spacial score (nSPS) is 19.7. The van der Waals surface area contributed by atoms with Crippen LogP contribution in [0.5, 0.6) is 0 Å². The first kappa shape index (κ1) is 8.42. The molecular formula is C14H11N. The number of benzene rings is 1. The maximum absolute atomic E-state index is 4.29. The zero-order valence-corrected chi connectivity index (χ0v) is 8.57. The summed E-state index contributed by atoms with van der Waals surface area (Å²) in [6, 6.07) is 8.47. The van der Waals surface area contributed by atoms with E-state index in [1.807, 2.05) is 7.05 Å². The van der Waals surface area contributed by atoms with Crippen LogP contribution in [-0.2, 0) is 0 Å². The Morgan fingerprint density at radius 1 is 1.07 bits per heavy atom. The molecule has 1 aromatic rings. The Balaban J connectivity index is 2.25. The Labute approximate surface area is 89.2 Å².